The molecule has 0 aliphatic rings. The Morgan fingerprint density at radius 3 is 2.38 bits per heavy atom. The molecule has 0 saturated carbocycles. The first kappa shape index (κ1) is 8.54. The van der Waals surface area contributed by atoms with Gasteiger partial charge in [0.2, 0.25) is 0 Å². The van der Waals surface area contributed by atoms with Crippen LogP contribution in [0.2, 0.25) is 6.04 Å². The summed E-state index contributed by atoms with van der Waals surface area (Å²) in [6.45, 7) is 5.69. The maximum Gasteiger partial charge on any atom is 0.0932 e. The van der Waals surface area contributed by atoms with Crippen molar-refractivity contribution in [1.82, 2.24) is 0 Å². The lowest BCUT2D eigenvalue weighted by molar-refractivity contribution is 1.39. The summed E-state index contributed by atoms with van der Waals surface area (Å²) in [7, 11) is 0.600. The van der Waals surface area contributed by atoms with E-state index < -0.39 is 0 Å². The molecule has 0 amide bonds. The topological polar surface area (TPSA) is 0 Å². The van der Waals surface area contributed by atoms with Crippen LogP contribution in [0.15, 0.2) is 12.2 Å². The zero-order valence-corrected chi connectivity index (χ0v) is 7.26. The van der Waals surface area contributed by atoms with E-state index in [1.165, 1.54) is 0 Å². The highest BCUT2D eigenvalue weighted by Crippen LogP contribution is 2.04. The average molecular weight is 167 g/mol. The van der Waals surface area contributed by atoms with Gasteiger partial charge in [0.15, 0.2) is 0 Å². The van der Waals surface area contributed by atoms with Crippen molar-refractivity contribution >= 4 is 32.7 Å². The number of halogens is 2. The molecule has 0 aliphatic heterocycles. The highest BCUT2D eigenvalue weighted by molar-refractivity contribution is 6.68. The summed E-state index contributed by atoms with van der Waals surface area (Å²) in [5, 5.41) is 0. The Morgan fingerprint density at radius 2 is 2.25 bits per heavy atom. The van der Waals surface area contributed by atoms with Crippen LogP contribution in [0.1, 0.15) is 6.92 Å². The van der Waals surface area contributed by atoms with E-state index in [2.05, 4.69) is 6.58 Å². The molecule has 2 radical (unpaired) electrons. The number of alkyl halides is 2. The molecule has 0 aromatic heterocycles. The second-order valence-corrected chi connectivity index (χ2v) is 4.81. The lowest BCUT2D eigenvalue weighted by Crippen LogP contribution is -1.99. The van der Waals surface area contributed by atoms with Gasteiger partial charge in [-0.2, -0.15) is 0 Å². The minimum absolute atomic E-state index is 0.202. The van der Waals surface area contributed by atoms with Crippen LogP contribution in [0.5, 0.6) is 0 Å². The summed E-state index contributed by atoms with van der Waals surface area (Å²) >= 11 is 10.9. The number of hydrogen-bond acceptors (Lipinski definition) is 0. The normalized spacial score (nSPS) is 10.0. The van der Waals surface area contributed by atoms with Gasteiger partial charge in [-0.1, -0.05) is 5.57 Å². The van der Waals surface area contributed by atoms with Gasteiger partial charge in [0.05, 0.1) is 14.0 Å². The standard InChI is InChI=1S/C5H8Cl2Si/c1-4(2)3-8-5(6)7/h5H,1,3H2,2H3. The Bertz CT molecular complexity index is 80.5. The van der Waals surface area contributed by atoms with Crippen LogP contribution in [0.3, 0.4) is 0 Å². The molecule has 0 fully saturated rings. The van der Waals surface area contributed by atoms with Crippen molar-refractivity contribution in [3.05, 3.63) is 12.2 Å². The largest absolute Gasteiger partial charge is 0.110 e. The van der Waals surface area contributed by atoms with E-state index in [9.17, 15) is 0 Å². The van der Waals surface area contributed by atoms with Crippen molar-refractivity contribution in [2.45, 2.75) is 17.4 Å². The van der Waals surface area contributed by atoms with E-state index in [0.717, 1.165) is 11.6 Å². The molecule has 0 aliphatic carbocycles. The molecule has 0 nitrogen and oxygen atoms in total. The zero-order valence-electron chi connectivity index (χ0n) is 4.75. The van der Waals surface area contributed by atoms with Crippen molar-refractivity contribution in [3.63, 3.8) is 0 Å². The lowest BCUT2D eigenvalue weighted by atomic mass is 10.4. The third kappa shape index (κ3) is 6.54. The predicted molar refractivity (Wildman–Crippen MR) is 40.9 cm³/mol. The number of allylic oxidation sites excluding steroid dienone is 1. The molecule has 0 N–H and O–H groups in total. The second-order valence-electron chi connectivity index (χ2n) is 1.64. The molecule has 0 aromatic rings. The number of rotatable bonds is 3. The Morgan fingerprint density at radius 1 is 1.75 bits per heavy atom. The van der Waals surface area contributed by atoms with E-state index in [-0.39, 0.29) is 4.46 Å². The van der Waals surface area contributed by atoms with Crippen LogP contribution >= 0.6 is 23.2 Å². The van der Waals surface area contributed by atoms with Crippen LogP contribution in [0.25, 0.3) is 0 Å². The smallest absolute Gasteiger partial charge is 0.0932 e. The maximum absolute atomic E-state index is 5.46. The Labute approximate surface area is 62.7 Å². The summed E-state index contributed by atoms with van der Waals surface area (Å²) in [5.41, 5.74) is 1.15. The molecular weight excluding hydrogens is 159 g/mol. The Kier molecular flexibility index (Phi) is 4.72. The van der Waals surface area contributed by atoms with Crippen LogP contribution in [-0.2, 0) is 0 Å². The SMILES string of the molecule is C=C(C)C[Si]C(Cl)Cl. The van der Waals surface area contributed by atoms with E-state index in [4.69, 9.17) is 23.2 Å². The summed E-state index contributed by atoms with van der Waals surface area (Å²) in [6, 6.07) is 0.956. The zero-order chi connectivity index (χ0) is 6.57. The van der Waals surface area contributed by atoms with Crippen molar-refractivity contribution in [2.24, 2.45) is 0 Å². The third-order valence-corrected chi connectivity index (χ3v) is 2.60. The number of hydrogen-bond donors (Lipinski definition) is 0. The first-order valence-corrected chi connectivity index (χ1v) is 4.44. The monoisotopic (exact) mass is 166 g/mol. The van der Waals surface area contributed by atoms with Crippen molar-refractivity contribution in [1.29, 1.82) is 0 Å². The highest BCUT2D eigenvalue weighted by Gasteiger charge is 1.98. The molecule has 46 valence electrons. The fraction of sp³-hybridized carbons (Fsp3) is 0.600. The van der Waals surface area contributed by atoms with Crippen molar-refractivity contribution < 1.29 is 0 Å². The fourth-order valence-corrected chi connectivity index (χ4v) is 1.22. The molecule has 0 heterocycles. The van der Waals surface area contributed by atoms with E-state index in [1.54, 1.807) is 0 Å². The average Bonchev–Trinajstić information content (AvgIpc) is 1.61. The van der Waals surface area contributed by atoms with Crippen LogP contribution in [0.4, 0.5) is 0 Å². The second kappa shape index (κ2) is 4.42. The highest BCUT2D eigenvalue weighted by atomic mass is 35.5. The third-order valence-electron chi connectivity index (χ3n) is 0.558. The molecule has 0 aromatic carbocycles. The molecule has 0 spiro atoms. The van der Waals surface area contributed by atoms with Gasteiger partial charge in [0, 0.05) is 0 Å². The molecule has 3 heteroatoms. The molecule has 0 saturated heterocycles. The van der Waals surface area contributed by atoms with Gasteiger partial charge in [0.25, 0.3) is 0 Å². The lowest BCUT2D eigenvalue weighted by Gasteiger charge is -1.95. The van der Waals surface area contributed by atoms with Gasteiger partial charge in [-0.3, -0.25) is 0 Å². The first-order chi connectivity index (χ1) is 3.63. The molecule has 0 atom stereocenters. The molecule has 0 rings (SSSR count). The fourth-order valence-electron chi connectivity index (χ4n) is 0.251. The van der Waals surface area contributed by atoms with E-state index in [1.807, 2.05) is 6.92 Å². The van der Waals surface area contributed by atoms with Crippen LogP contribution in [0, 0.1) is 0 Å². The summed E-state index contributed by atoms with van der Waals surface area (Å²) < 4.78 is -0.202. The van der Waals surface area contributed by atoms with Crippen molar-refractivity contribution in [2.75, 3.05) is 0 Å². The Hall–Kier alpha value is 0.537. The van der Waals surface area contributed by atoms with Crippen LogP contribution < -0.4 is 0 Å². The Balaban J connectivity index is 3.05. The van der Waals surface area contributed by atoms with Gasteiger partial charge in [-0.05, 0) is 13.0 Å². The summed E-state index contributed by atoms with van der Waals surface area (Å²) in [6.07, 6.45) is 0. The minimum atomic E-state index is -0.202. The van der Waals surface area contributed by atoms with Gasteiger partial charge in [-0.25, -0.2) is 0 Å². The first-order valence-electron chi connectivity index (χ1n) is 2.29. The summed E-state index contributed by atoms with van der Waals surface area (Å²) in [4.78, 5) is 0. The molecule has 0 unspecified atom stereocenters. The van der Waals surface area contributed by atoms with E-state index >= 15 is 0 Å². The quantitative estimate of drug-likeness (QED) is 0.344. The molecule has 0 bridgehead atoms. The van der Waals surface area contributed by atoms with Gasteiger partial charge < -0.3 is 0 Å². The molecule has 8 heavy (non-hydrogen) atoms. The van der Waals surface area contributed by atoms with Crippen molar-refractivity contribution in [3.8, 4) is 0 Å². The summed E-state index contributed by atoms with van der Waals surface area (Å²) in [5.74, 6) is 0. The van der Waals surface area contributed by atoms with E-state index in [0.29, 0.717) is 9.52 Å². The predicted octanol–water partition coefficient (Wildman–Crippen LogP) is 2.45. The molecular formula is C5H8Cl2Si. The van der Waals surface area contributed by atoms with Gasteiger partial charge in [0.1, 0.15) is 0 Å². The van der Waals surface area contributed by atoms with Gasteiger partial charge >= 0.3 is 0 Å². The van der Waals surface area contributed by atoms with Crippen LogP contribution in [-0.4, -0.2) is 14.0 Å². The minimum Gasteiger partial charge on any atom is -0.110 e. The maximum atomic E-state index is 5.46. The van der Waals surface area contributed by atoms with Gasteiger partial charge in [-0.15, -0.1) is 29.8 Å².